The van der Waals surface area contributed by atoms with Crippen LogP contribution in [0.2, 0.25) is 0 Å². The molecule has 0 radical (unpaired) electrons. The van der Waals surface area contributed by atoms with Crippen LogP contribution in [0.5, 0.6) is 0 Å². The van der Waals surface area contributed by atoms with Crippen molar-refractivity contribution in [2.45, 2.75) is 26.4 Å². The van der Waals surface area contributed by atoms with Crippen molar-refractivity contribution in [2.75, 3.05) is 0 Å². The molecule has 1 aliphatic rings. The van der Waals surface area contributed by atoms with E-state index in [0.29, 0.717) is 5.57 Å². The first-order valence-electron chi connectivity index (χ1n) is 3.75. The van der Waals surface area contributed by atoms with E-state index in [1.807, 2.05) is 0 Å². The van der Waals surface area contributed by atoms with Gasteiger partial charge < -0.3 is 0 Å². The first-order valence-corrected chi connectivity index (χ1v) is 3.75. The minimum absolute atomic E-state index is 0.0259. The van der Waals surface area contributed by atoms with Gasteiger partial charge in [-0.3, -0.25) is 10.1 Å². The molecule has 0 fully saturated rings. The second-order valence-corrected chi connectivity index (χ2v) is 3.15. The molecule has 0 saturated heterocycles. The molecule has 0 saturated carbocycles. The number of hydrogen-bond donors (Lipinski definition) is 1. The predicted molar refractivity (Wildman–Crippen MR) is 44.6 cm³/mol. The van der Waals surface area contributed by atoms with Gasteiger partial charge in [0.15, 0.2) is 5.78 Å². The lowest BCUT2D eigenvalue weighted by atomic mass is 9.86. The summed E-state index contributed by atoms with van der Waals surface area (Å²) in [7, 11) is 0. The van der Waals surface area contributed by atoms with Gasteiger partial charge in [-0.25, -0.2) is 4.89 Å². The van der Waals surface area contributed by atoms with E-state index >= 15 is 0 Å². The molecule has 0 spiro atoms. The summed E-state index contributed by atoms with van der Waals surface area (Å²) >= 11 is 0. The zero-order chi connectivity index (χ0) is 9.35. The molecule has 0 aromatic heterocycles. The molecule has 1 rings (SSSR count). The van der Waals surface area contributed by atoms with Crippen molar-refractivity contribution in [1.82, 2.24) is 0 Å². The summed E-state index contributed by atoms with van der Waals surface area (Å²) in [6, 6.07) is 0. The topological polar surface area (TPSA) is 46.5 Å². The van der Waals surface area contributed by atoms with Gasteiger partial charge in [0.25, 0.3) is 0 Å². The Morgan fingerprint density at radius 2 is 2.08 bits per heavy atom. The highest BCUT2D eigenvalue weighted by Crippen LogP contribution is 2.28. The summed E-state index contributed by atoms with van der Waals surface area (Å²) < 4.78 is 0. The number of ketones is 1. The molecule has 12 heavy (non-hydrogen) atoms. The Labute approximate surface area is 71.3 Å². The first-order chi connectivity index (χ1) is 5.51. The normalized spacial score (nSPS) is 29.8. The van der Waals surface area contributed by atoms with Gasteiger partial charge in [-0.15, -0.1) is 0 Å². The average molecular weight is 168 g/mol. The van der Waals surface area contributed by atoms with Crippen molar-refractivity contribution < 1.29 is 14.9 Å². The lowest BCUT2D eigenvalue weighted by Crippen LogP contribution is -2.31. The predicted octanol–water partition coefficient (Wildman–Crippen LogP) is 1.71. The van der Waals surface area contributed by atoms with E-state index in [1.165, 1.54) is 6.08 Å². The van der Waals surface area contributed by atoms with Crippen LogP contribution in [0, 0.1) is 0 Å². The second kappa shape index (κ2) is 2.84. The Kier molecular flexibility index (Phi) is 2.17. The summed E-state index contributed by atoms with van der Waals surface area (Å²) in [5.74, 6) is -0.0259. The van der Waals surface area contributed by atoms with Gasteiger partial charge in [-0.2, -0.15) is 0 Å². The van der Waals surface area contributed by atoms with Crippen LogP contribution in [-0.2, 0) is 9.68 Å². The Balaban J connectivity index is 3.13. The molecule has 0 aromatic carbocycles. The Hall–Kier alpha value is -0.930. The summed E-state index contributed by atoms with van der Waals surface area (Å²) in [6.07, 6.45) is 2.97. The summed E-state index contributed by atoms with van der Waals surface area (Å²) in [5.41, 5.74) is 0.546. The molecule has 1 unspecified atom stereocenters. The fourth-order valence-corrected chi connectivity index (χ4v) is 1.14. The van der Waals surface area contributed by atoms with Crippen LogP contribution in [0.15, 0.2) is 23.3 Å². The van der Waals surface area contributed by atoms with Crippen molar-refractivity contribution in [3.63, 3.8) is 0 Å². The molecule has 3 nitrogen and oxygen atoms in total. The quantitative estimate of drug-likeness (QED) is 0.479. The number of allylic oxidation sites excluding steroid dienone is 2. The van der Waals surface area contributed by atoms with Gasteiger partial charge in [0.05, 0.1) is 0 Å². The van der Waals surface area contributed by atoms with E-state index in [9.17, 15) is 4.79 Å². The van der Waals surface area contributed by atoms with Crippen molar-refractivity contribution in [1.29, 1.82) is 0 Å². The van der Waals surface area contributed by atoms with Crippen molar-refractivity contribution in [2.24, 2.45) is 0 Å². The number of carbonyl (C=O) groups excluding carboxylic acids is 1. The van der Waals surface area contributed by atoms with Crippen molar-refractivity contribution in [3.8, 4) is 0 Å². The van der Waals surface area contributed by atoms with E-state index < -0.39 is 5.60 Å². The maximum atomic E-state index is 11.1. The third-order valence-corrected chi connectivity index (χ3v) is 2.42. The largest absolute Gasteiger partial charge is 0.290 e. The van der Waals surface area contributed by atoms with Crippen LogP contribution in [-0.4, -0.2) is 16.6 Å². The van der Waals surface area contributed by atoms with E-state index in [2.05, 4.69) is 4.89 Å². The maximum absolute atomic E-state index is 11.1. The molecule has 1 N–H and O–H groups in total. The maximum Gasteiger partial charge on any atom is 0.181 e. The summed E-state index contributed by atoms with van der Waals surface area (Å²) in [5, 5.41) is 8.63. The molecule has 0 aromatic rings. The zero-order valence-corrected chi connectivity index (χ0v) is 7.42. The lowest BCUT2D eigenvalue weighted by molar-refractivity contribution is -0.291. The monoisotopic (exact) mass is 168 g/mol. The van der Waals surface area contributed by atoms with Crippen molar-refractivity contribution in [3.05, 3.63) is 23.3 Å². The average Bonchev–Trinajstić information content (AvgIpc) is 2.09. The van der Waals surface area contributed by atoms with E-state index in [1.54, 1.807) is 26.8 Å². The standard InChI is InChI=1S/C9H12O3/c1-6-7(2)9(3,12-11)5-4-8(6)10/h4-5,11H,1-3H3. The van der Waals surface area contributed by atoms with Gasteiger partial charge in [0, 0.05) is 0 Å². The Morgan fingerprint density at radius 1 is 1.50 bits per heavy atom. The van der Waals surface area contributed by atoms with E-state index in [4.69, 9.17) is 5.26 Å². The number of hydrogen-bond acceptors (Lipinski definition) is 3. The third-order valence-electron chi connectivity index (χ3n) is 2.42. The first kappa shape index (κ1) is 9.16. The molecular weight excluding hydrogens is 156 g/mol. The Morgan fingerprint density at radius 3 is 2.58 bits per heavy atom. The van der Waals surface area contributed by atoms with Gasteiger partial charge in [-0.05, 0) is 44.1 Å². The molecule has 66 valence electrons. The van der Waals surface area contributed by atoms with Crippen LogP contribution in [0.3, 0.4) is 0 Å². The van der Waals surface area contributed by atoms with Gasteiger partial charge in [0.1, 0.15) is 5.60 Å². The zero-order valence-electron chi connectivity index (χ0n) is 7.42. The molecule has 0 amide bonds. The van der Waals surface area contributed by atoms with Crippen LogP contribution in [0.4, 0.5) is 0 Å². The molecule has 0 heterocycles. The number of carbonyl (C=O) groups is 1. The van der Waals surface area contributed by atoms with Gasteiger partial charge in [-0.1, -0.05) is 0 Å². The molecule has 1 atom stereocenters. The highest BCUT2D eigenvalue weighted by molar-refractivity contribution is 6.05. The minimum Gasteiger partial charge on any atom is -0.290 e. The lowest BCUT2D eigenvalue weighted by Gasteiger charge is -2.27. The van der Waals surface area contributed by atoms with E-state index in [0.717, 1.165) is 5.57 Å². The third kappa shape index (κ3) is 1.21. The van der Waals surface area contributed by atoms with Crippen LogP contribution < -0.4 is 0 Å². The fraction of sp³-hybridized carbons (Fsp3) is 0.444. The minimum atomic E-state index is -0.835. The number of rotatable bonds is 1. The van der Waals surface area contributed by atoms with E-state index in [-0.39, 0.29) is 5.78 Å². The molecule has 0 aliphatic heterocycles. The van der Waals surface area contributed by atoms with Crippen LogP contribution in [0.1, 0.15) is 20.8 Å². The SMILES string of the molecule is CC1=C(C)C(C)(OO)C=CC1=O. The highest BCUT2D eigenvalue weighted by atomic mass is 17.1. The smallest absolute Gasteiger partial charge is 0.181 e. The highest BCUT2D eigenvalue weighted by Gasteiger charge is 2.30. The van der Waals surface area contributed by atoms with Gasteiger partial charge >= 0.3 is 0 Å². The Bertz CT molecular complexity index is 275. The van der Waals surface area contributed by atoms with Crippen LogP contribution in [0.25, 0.3) is 0 Å². The fourth-order valence-electron chi connectivity index (χ4n) is 1.14. The van der Waals surface area contributed by atoms with Crippen molar-refractivity contribution >= 4 is 5.78 Å². The molecule has 1 aliphatic carbocycles. The summed E-state index contributed by atoms with van der Waals surface area (Å²) in [6.45, 7) is 5.19. The molecule has 0 bridgehead atoms. The molecular formula is C9H12O3. The molecule has 3 heteroatoms. The van der Waals surface area contributed by atoms with Gasteiger partial charge in [0.2, 0.25) is 0 Å². The second-order valence-electron chi connectivity index (χ2n) is 3.15. The van der Waals surface area contributed by atoms with Crippen LogP contribution >= 0.6 is 0 Å². The summed E-state index contributed by atoms with van der Waals surface area (Å²) in [4.78, 5) is 15.4.